The van der Waals surface area contributed by atoms with Crippen molar-refractivity contribution in [3.05, 3.63) is 59.9 Å². The van der Waals surface area contributed by atoms with Gasteiger partial charge in [0.15, 0.2) is 5.16 Å². The lowest BCUT2D eigenvalue weighted by atomic mass is 10.1. The van der Waals surface area contributed by atoms with Crippen LogP contribution in [0.15, 0.2) is 48.1 Å². The smallest absolute Gasteiger partial charge is 0.224 e. The van der Waals surface area contributed by atoms with Crippen LogP contribution in [0.4, 0.5) is 5.69 Å². The van der Waals surface area contributed by atoms with Gasteiger partial charge in [0.05, 0.1) is 6.33 Å². The predicted octanol–water partition coefficient (Wildman–Crippen LogP) is 3.57. The zero-order valence-electron chi connectivity index (χ0n) is 15.1. The number of rotatable bonds is 6. The van der Waals surface area contributed by atoms with Gasteiger partial charge in [0.1, 0.15) is 0 Å². The second-order valence-electron chi connectivity index (χ2n) is 5.92. The van der Waals surface area contributed by atoms with Gasteiger partial charge < -0.3 is 9.88 Å². The van der Waals surface area contributed by atoms with Crippen molar-refractivity contribution in [2.75, 3.05) is 11.6 Å². The standard InChI is InChI=1S/C19H21N5OS/c1-13-17(14(2)22-19(21-13)26-3)8-9-18(25)23-15-4-6-16(7-5-15)24-11-10-20-12-24/h4-7,10-12H,8-9H2,1-3H3,(H,23,25). The molecule has 7 heteroatoms. The van der Waals surface area contributed by atoms with Gasteiger partial charge in [-0.2, -0.15) is 0 Å². The fourth-order valence-electron chi connectivity index (χ4n) is 2.75. The molecule has 2 aromatic heterocycles. The van der Waals surface area contributed by atoms with Crippen LogP contribution in [0.2, 0.25) is 0 Å². The number of aryl methyl sites for hydroxylation is 2. The molecule has 0 saturated heterocycles. The van der Waals surface area contributed by atoms with Gasteiger partial charge in [0.2, 0.25) is 5.91 Å². The summed E-state index contributed by atoms with van der Waals surface area (Å²) in [5.74, 6) is -0.0203. The van der Waals surface area contributed by atoms with Crippen molar-refractivity contribution < 1.29 is 4.79 Å². The molecule has 1 amide bonds. The zero-order chi connectivity index (χ0) is 18.5. The first-order valence-corrected chi connectivity index (χ1v) is 9.55. The number of aromatic nitrogens is 4. The van der Waals surface area contributed by atoms with E-state index in [4.69, 9.17) is 0 Å². The molecule has 0 bridgehead atoms. The maximum Gasteiger partial charge on any atom is 0.224 e. The van der Waals surface area contributed by atoms with Gasteiger partial charge in [-0.15, -0.1) is 0 Å². The summed E-state index contributed by atoms with van der Waals surface area (Å²) in [6.07, 6.45) is 8.33. The molecule has 0 aliphatic rings. The molecule has 0 spiro atoms. The number of carbonyl (C=O) groups excluding carboxylic acids is 1. The van der Waals surface area contributed by atoms with E-state index in [1.165, 1.54) is 11.8 Å². The summed E-state index contributed by atoms with van der Waals surface area (Å²) in [7, 11) is 0. The van der Waals surface area contributed by atoms with Crippen molar-refractivity contribution in [1.29, 1.82) is 0 Å². The van der Waals surface area contributed by atoms with Gasteiger partial charge in [-0.25, -0.2) is 15.0 Å². The average molecular weight is 367 g/mol. The molecule has 0 aliphatic heterocycles. The first-order valence-electron chi connectivity index (χ1n) is 8.33. The lowest BCUT2D eigenvalue weighted by Crippen LogP contribution is -2.13. The molecular weight excluding hydrogens is 346 g/mol. The van der Waals surface area contributed by atoms with Gasteiger partial charge in [0, 0.05) is 41.6 Å². The number of anilines is 1. The molecule has 1 aromatic carbocycles. The third-order valence-electron chi connectivity index (χ3n) is 4.14. The maximum absolute atomic E-state index is 12.3. The summed E-state index contributed by atoms with van der Waals surface area (Å²) in [4.78, 5) is 25.2. The quantitative estimate of drug-likeness (QED) is 0.533. The van der Waals surface area contributed by atoms with Crippen molar-refractivity contribution in [3.63, 3.8) is 0 Å². The van der Waals surface area contributed by atoms with E-state index in [0.29, 0.717) is 12.8 Å². The van der Waals surface area contributed by atoms with Crippen molar-refractivity contribution in [1.82, 2.24) is 19.5 Å². The van der Waals surface area contributed by atoms with Gasteiger partial charge in [-0.3, -0.25) is 4.79 Å². The number of imidazole rings is 1. The lowest BCUT2D eigenvalue weighted by molar-refractivity contribution is -0.116. The Hall–Kier alpha value is -2.67. The summed E-state index contributed by atoms with van der Waals surface area (Å²) in [6.45, 7) is 3.94. The Bertz CT molecular complexity index is 868. The number of nitrogens with one attached hydrogen (secondary N) is 1. The van der Waals surface area contributed by atoms with Gasteiger partial charge in [0.25, 0.3) is 0 Å². The average Bonchev–Trinajstić information content (AvgIpc) is 3.16. The van der Waals surface area contributed by atoms with E-state index < -0.39 is 0 Å². The fourth-order valence-corrected chi connectivity index (χ4v) is 3.21. The summed E-state index contributed by atoms with van der Waals surface area (Å²) in [5, 5.41) is 3.71. The lowest BCUT2D eigenvalue weighted by Gasteiger charge is -2.10. The first-order chi connectivity index (χ1) is 12.6. The van der Waals surface area contributed by atoms with E-state index >= 15 is 0 Å². The second-order valence-corrected chi connectivity index (χ2v) is 6.70. The van der Waals surface area contributed by atoms with Crippen LogP contribution in [-0.2, 0) is 11.2 Å². The molecule has 0 saturated carbocycles. The summed E-state index contributed by atoms with van der Waals surface area (Å²) in [5.41, 5.74) is 4.71. The van der Waals surface area contributed by atoms with E-state index in [2.05, 4.69) is 20.3 Å². The molecule has 0 atom stereocenters. The highest BCUT2D eigenvalue weighted by Gasteiger charge is 2.11. The third kappa shape index (κ3) is 4.29. The summed E-state index contributed by atoms with van der Waals surface area (Å²) < 4.78 is 1.91. The number of hydrogen-bond donors (Lipinski definition) is 1. The second kappa shape index (κ2) is 8.14. The zero-order valence-corrected chi connectivity index (χ0v) is 15.9. The number of benzene rings is 1. The van der Waals surface area contributed by atoms with Crippen LogP contribution in [-0.4, -0.2) is 31.7 Å². The Kier molecular flexibility index (Phi) is 5.68. The molecule has 0 unspecified atom stereocenters. The van der Waals surface area contributed by atoms with E-state index in [9.17, 15) is 4.79 Å². The number of nitrogens with zero attached hydrogens (tertiary/aromatic N) is 4. The molecule has 2 heterocycles. The highest BCUT2D eigenvalue weighted by atomic mass is 32.2. The Labute approximate surface area is 157 Å². The Balaban J connectivity index is 1.59. The number of hydrogen-bond acceptors (Lipinski definition) is 5. The van der Waals surface area contributed by atoms with E-state index in [-0.39, 0.29) is 5.91 Å². The van der Waals surface area contributed by atoms with Crippen LogP contribution in [0.5, 0.6) is 0 Å². The number of amides is 1. The van der Waals surface area contributed by atoms with Crippen LogP contribution in [0, 0.1) is 13.8 Å². The monoisotopic (exact) mass is 367 g/mol. The predicted molar refractivity (Wildman–Crippen MR) is 104 cm³/mol. The van der Waals surface area contributed by atoms with Crippen LogP contribution in [0.1, 0.15) is 23.4 Å². The van der Waals surface area contributed by atoms with Crippen molar-refractivity contribution in [2.24, 2.45) is 0 Å². The molecule has 0 aliphatic carbocycles. The van der Waals surface area contributed by atoms with Gasteiger partial charge >= 0.3 is 0 Å². The minimum Gasteiger partial charge on any atom is -0.326 e. The van der Waals surface area contributed by atoms with E-state index in [1.807, 2.05) is 55.1 Å². The summed E-state index contributed by atoms with van der Waals surface area (Å²) >= 11 is 1.52. The van der Waals surface area contributed by atoms with Crippen LogP contribution in [0.3, 0.4) is 0 Å². The summed E-state index contributed by atoms with van der Waals surface area (Å²) in [6, 6.07) is 7.67. The third-order valence-corrected chi connectivity index (χ3v) is 4.69. The normalized spacial score (nSPS) is 10.7. The minimum atomic E-state index is -0.0203. The van der Waals surface area contributed by atoms with Crippen LogP contribution in [0.25, 0.3) is 5.69 Å². The topological polar surface area (TPSA) is 72.7 Å². The van der Waals surface area contributed by atoms with Crippen LogP contribution < -0.4 is 5.32 Å². The van der Waals surface area contributed by atoms with Crippen LogP contribution >= 0.6 is 11.8 Å². The molecule has 134 valence electrons. The molecule has 3 aromatic rings. The molecule has 0 radical (unpaired) electrons. The van der Waals surface area contributed by atoms with Crippen molar-refractivity contribution in [3.8, 4) is 5.69 Å². The van der Waals surface area contributed by atoms with Gasteiger partial charge in [-0.05, 0) is 56.4 Å². The molecule has 26 heavy (non-hydrogen) atoms. The SMILES string of the molecule is CSc1nc(C)c(CCC(=O)Nc2ccc(-n3ccnc3)cc2)c(C)n1. The Morgan fingerprint density at radius 2 is 1.85 bits per heavy atom. The molecule has 0 fully saturated rings. The minimum absolute atomic E-state index is 0.0203. The van der Waals surface area contributed by atoms with E-state index in [1.54, 1.807) is 12.5 Å². The number of carbonyl (C=O) groups is 1. The fraction of sp³-hybridized carbons (Fsp3) is 0.263. The number of thioether (sulfide) groups is 1. The van der Waals surface area contributed by atoms with E-state index in [0.717, 1.165) is 33.5 Å². The van der Waals surface area contributed by atoms with Gasteiger partial charge in [-0.1, -0.05) is 11.8 Å². The maximum atomic E-state index is 12.3. The first kappa shape index (κ1) is 18.1. The molecule has 1 N–H and O–H groups in total. The highest BCUT2D eigenvalue weighted by molar-refractivity contribution is 7.98. The largest absolute Gasteiger partial charge is 0.326 e. The Morgan fingerprint density at radius 1 is 1.15 bits per heavy atom. The van der Waals surface area contributed by atoms with Crippen molar-refractivity contribution in [2.45, 2.75) is 31.8 Å². The molecule has 3 rings (SSSR count). The highest BCUT2D eigenvalue weighted by Crippen LogP contribution is 2.18. The molecular formula is C19H21N5OS. The Morgan fingerprint density at radius 3 is 2.42 bits per heavy atom. The van der Waals surface area contributed by atoms with Crippen molar-refractivity contribution >= 4 is 23.4 Å². The molecule has 6 nitrogen and oxygen atoms in total.